The van der Waals surface area contributed by atoms with Crippen molar-refractivity contribution >= 4 is 21.6 Å². The molecule has 94 valence electrons. The van der Waals surface area contributed by atoms with Crippen molar-refractivity contribution in [3.8, 4) is 0 Å². The molecule has 3 heteroatoms. The summed E-state index contributed by atoms with van der Waals surface area (Å²) in [5.74, 6) is 0. The summed E-state index contributed by atoms with van der Waals surface area (Å²) in [7, 11) is 0. The van der Waals surface area contributed by atoms with E-state index in [0.29, 0.717) is 0 Å². The fourth-order valence-electron chi connectivity index (χ4n) is 2.43. The Labute approximate surface area is 113 Å². The second-order valence-corrected chi connectivity index (χ2v) is 6.00. The third-order valence-electron chi connectivity index (χ3n) is 3.83. The first-order valence-corrected chi connectivity index (χ1v) is 7.10. The third-order valence-corrected chi connectivity index (χ3v) is 4.69. The van der Waals surface area contributed by atoms with Gasteiger partial charge in [0.15, 0.2) is 0 Å². The maximum Gasteiger partial charge on any atom is 0.0408 e. The summed E-state index contributed by atoms with van der Waals surface area (Å²) in [6, 6.07) is 6.46. The fourth-order valence-corrected chi connectivity index (χ4v) is 2.79. The lowest BCUT2D eigenvalue weighted by atomic mass is 9.95. The Hall–Kier alpha value is -0.540. The summed E-state index contributed by atoms with van der Waals surface area (Å²) in [4.78, 5) is 2.50. The summed E-state index contributed by atoms with van der Waals surface area (Å²) >= 11 is 3.62. The number of nitrogens with one attached hydrogen (secondary N) is 1. The SMILES string of the molecule is CCC1(C)CN(c2cccc(Br)c2C)CCN1. The second-order valence-electron chi connectivity index (χ2n) is 5.15. The molecule has 0 aliphatic carbocycles. The van der Waals surface area contributed by atoms with Gasteiger partial charge in [-0.3, -0.25) is 0 Å². The van der Waals surface area contributed by atoms with Gasteiger partial charge in [-0.15, -0.1) is 0 Å². The largest absolute Gasteiger partial charge is 0.368 e. The summed E-state index contributed by atoms with van der Waals surface area (Å²) < 4.78 is 1.20. The quantitative estimate of drug-likeness (QED) is 0.900. The minimum Gasteiger partial charge on any atom is -0.368 e. The van der Waals surface area contributed by atoms with Crippen LogP contribution in [0.25, 0.3) is 0 Å². The van der Waals surface area contributed by atoms with E-state index in [2.05, 4.69) is 65.1 Å². The molecule has 1 aliphatic heterocycles. The van der Waals surface area contributed by atoms with E-state index >= 15 is 0 Å². The Kier molecular flexibility index (Phi) is 3.79. The molecule has 1 atom stereocenters. The van der Waals surface area contributed by atoms with Crippen LogP contribution in [0.1, 0.15) is 25.8 Å². The van der Waals surface area contributed by atoms with Crippen LogP contribution in [0.3, 0.4) is 0 Å². The van der Waals surface area contributed by atoms with E-state index in [1.54, 1.807) is 0 Å². The van der Waals surface area contributed by atoms with Crippen LogP contribution >= 0.6 is 15.9 Å². The first kappa shape index (κ1) is 12.9. The Morgan fingerprint density at radius 3 is 2.94 bits per heavy atom. The molecule has 0 spiro atoms. The number of hydrogen-bond acceptors (Lipinski definition) is 2. The smallest absolute Gasteiger partial charge is 0.0408 e. The van der Waals surface area contributed by atoms with Gasteiger partial charge >= 0.3 is 0 Å². The molecular weight excluding hydrogens is 276 g/mol. The van der Waals surface area contributed by atoms with Crippen LogP contribution in [-0.4, -0.2) is 25.2 Å². The highest BCUT2D eigenvalue weighted by atomic mass is 79.9. The number of nitrogens with zero attached hydrogens (tertiary/aromatic N) is 1. The standard InChI is InChI=1S/C14H21BrN2/c1-4-14(3)10-17(9-8-16-14)13-7-5-6-12(15)11(13)2/h5-7,16H,4,8-10H2,1-3H3. The summed E-state index contributed by atoms with van der Waals surface area (Å²) in [5.41, 5.74) is 2.95. The normalized spacial score (nSPS) is 25.1. The maximum absolute atomic E-state index is 3.63. The van der Waals surface area contributed by atoms with Crippen molar-refractivity contribution in [2.75, 3.05) is 24.5 Å². The van der Waals surface area contributed by atoms with Crippen molar-refractivity contribution in [3.05, 3.63) is 28.2 Å². The van der Waals surface area contributed by atoms with Gasteiger partial charge in [-0.2, -0.15) is 0 Å². The van der Waals surface area contributed by atoms with Gasteiger partial charge < -0.3 is 10.2 Å². The number of anilines is 1. The molecule has 1 aliphatic rings. The summed E-state index contributed by atoms with van der Waals surface area (Å²) in [6.07, 6.45) is 1.16. The molecular formula is C14H21BrN2. The van der Waals surface area contributed by atoms with Crippen molar-refractivity contribution in [2.45, 2.75) is 32.7 Å². The Morgan fingerprint density at radius 1 is 1.47 bits per heavy atom. The topological polar surface area (TPSA) is 15.3 Å². The molecule has 0 saturated carbocycles. The third kappa shape index (κ3) is 2.66. The van der Waals surface area contributed by atoms with E-state index in [4.69, 9.17) is 0 Å². The van der Waals surface area contributed by atoms with Crippen molar-refractivity contribution in [3.63, 3.8) is 0 Å². The monoisotopic (exact) mass is 296 g/mol. The Balaban J connectivity index is 2.25. The van der Waals surface area contributed by atoms with Crippen molar-refractivity contribution in [2.24, 2.45) is 0 Å². The molecule has 1 unspecified atom stereocenters. The first-order chi connectivity index (χ1) is 8.06. The molecule has 1 fully saturated rings. The number of rotatable bonds is 2. The average molecular weight is 297 g/mol. The number of benzene rings is 1. The van der Waals surface area contributed by atoms with Crippen LogP contribution in [0.2, 0.25) is 0 Å². The lowest BCUT2D eigenvalue weighted by molar-refractivity contribution is 0.314. The van der Waals surface area contributed by atoms with E-state index in [-0.39, 0.29) is 5.54 Å². The van der Waals surface area contributed by atoms with Gasteiger partial charge in [-0.1, -0.05) is 28.9 Å². The van der Waals surface area contributed by atoms with Gasteiger partial charge in [0.1, 0.15) is 0 Å². The minimum atomic E-state index is 0.243. The highest BCUT2D eigenvalue weighted by Crippen LogP contribution is 2.29. The zero-order valence-electron chi connectivity index (χ0n) is 10.9. The van der Waals surface area contributed by atoms with E-state index < -0.39 is 0 Å². The van der Waals surface area contributed by atoms with Crippen molar-refractivity contribution < 1.29 is 0 Å². The lowest BCUT2D eigenvalue weighted by Gasteiger charge is -2.42. The predicted molar refractivity (Wildman–Crippen MR) is 77.8 cm³/mol. The number of piperazine rings is 1. The molecule has 0 aromatic heterocycles. The first-order valence-electron chi connectivity index (χ1n) is 6.31. The molecule has 0 bridgehead atoms. The van der Waals surface area contributed by atoms with E-state index in [1.807, 2.05) is 0 Å². The van der Waals surface area contributed by atoms with Gasteiger partial charge in [0.05, 0.1) is 0 Å². The molecule has 1 N–H and O–H groups in total. The lowest BCUT2D eigenvalue weighted by Crippen LogP contribution is -2.58. The Morgan fingerprint density at radius 2 is 2.24 bits per heavy atom. The molecule has 1 saturated heterocycles. The minimum absolute atomic E-state index is 0.243. The van der Waals surface area contributed by atoms with Crippen molar-refractivity contribution in [1.82, 2.24) is 5.32 Å². The van der Waals surface area contributed by atoms with Crippen LogP contribution in [-0.2, 0) is 0 Å². The zero-order chi connectivity index (χ0) is 12.5. The van der Waals surface area contributed by atoms with E-state index in [9.17, 15) is 0 Å². The average Bonchev–Trinajstić information content (AvgIpc) is 2.33. The predicted octanol–water partition coefficient (Wildman–Crippen LogP) is 3.34. The van der Waals surface area contributed by atoms with Gasteiger partial charge in [-0.25, -0.2) is 0 Å². The van der Waals surface area contributed by atoms with Crippen LogP contribution in [0.5, 0.6) is 0 Å². The van der Waals surface area contributed by atoms with Crippen LogP contribution in [0, 0.1) is 6.92 Å². The van der Waals surface area contributed by atoms with Crippen molar-refractivity contribution in [1.29, 1.82) is 0 Å². The molecule has 1 aromatic carbocycles. The van der Waals surface area contributed by atoms with Gasteiger partial charge in [0.25, 0.3) is 0 Å². The van der Waals surface area contributed by atoms with Gasteiger partial charge in [0, 0.05) is 35.3 Å². The Bertz CT molecular complexity index is 405. The highest BCUT2D eigenvalue weighted by Gasteiger charge is 2.29. The maximum atomic E-state index is 3.63. The molecule has 1 aromatic rings. The summed E-state index contributed by atoms with van der Waals surface area (Å²) in [5, 5.41) is 3.63. The molecule has 2 rings (SSSR count). The molecule has 17 heavy (non-hydrogen) atoms. The van der Waals surface area contributed by atoms with Crippen LogP contribution < -0.4 is 10.2 Å². The number of hydrogen-bond donors (Lipinski definition) is 1. The van der Waals surface area contributed by atoms with Gasteiger partial charge in [-0.05, 0) is 38.0 Å². The molecule has 1 heterocycles. The van der Waals surface area contributed by atoms with Crippen LogP contribution in [0.4, 0.5) is 5.69 Å². The highest BCUT2D eigenvalue weighted by molar-refractivity contribution is 9.10. The van der Waals surface area contributed by atoms with E-state index in [0.717, 1.165) is 26.1 Å². The summed E-state index contributed by atoms with van der Waals surface area (Å²) in [6.45, 7) is 9.99. The van der Waals surface area contributed by atoms with E-state index in [1.165, 1.54) is 15.7 Å². The molecule has 0 amide bonds. The molecule has 2 nitrogen and oxygen atoms in total. The van der Waals surface area contributed by atoms with Crippen LogP contribution in [0.15, 0.2) is 22.7 Å². The van der Waals surface area contributed by atoms with Gasteiger partial charge in [0.2, 0.25) is 0 Å². The number of halogens is 1. The molecule has 0 radical (unpaired) electrons. The fraction of sp³-hybridized carbons (Fsp3) is 0.571. The second kappa shape index (κ2) is 4.99. The zero-order valence-corrected chi connectivity index (χ0v) is 12.5.